The minimum absolute atomic E-state index is 0.397. The Morgan fingerprint density at radius 1 is 1.27 bits per heavy atom. The summed E-state index contributed by atoms with van der Waals surface area (Å²) in [4.78, 5) is 9.83. The molecule has 0 aromatic heterocycles. The maximum absolute atomic E-state index is 13.8. The summed E-state index contributed by atoms with van der Waals surface area (Å²) in [7, 11) is -7.98. The summed E-state index contributed by atoms with van der Waals surface area (Å²) < 4.78 is 64.3. The van der Waals surface area contributed by atoms with Crippen LogP contribution in [0.2, 0.25) is 0 Å². The van der Waals surface area contributed by atoms with E-state index in [0.29, 0.717) is 6.07 Å². The average Bonchev–Trinajstić information content (AvgIpc) is 2.38. The van der Waals surface area contributed by atoms with Gasteiger partial charge in [0.05, 0.1) is 15.8 Å². The van der Waals surface area contributed by atoms with Crippen LogP contribution in [0, 0.1) is 5.82 Å². The molecule has 124 valence electrons. The van der Waals surface area contributed by atoms with Crippen molar-refractivity contribution in [2.24, 2.45) is 0 Å². The molecule has 1 aromatic carbocycles. The molecule has 0 saturated heterocycles. The molecule has 0 radical (unpaired) electrons. The van der Waals surface area contributed by atoms with Crippen LogP contribution in [0.3, 0.4) is 0 Å². The number of hydrogen-bond acceptors (Lipinski definition) is 5. The predicted molar refractivity (Wildman–Crippen MR) is 76.9 cm³/mol. The van der Waals surface area contributed by atoms with Crippen molar-refractivity contribution in [1.29, 1.82) is 0 Å². The number of carbonyl (C=O) groups is 1. The van der Waals surface area contributed by atoms with Gasteiger partial charge in [0.1, 0.15) is 12.4 Å². The number of rotatable bonds is 7. The van der Waals surface area contributed by atoms with Gasteiger partial charge >= 0.3 is 5.97 Å². The first-order valence-corrected chi connectivity index (χ1v) is 9.01. The van der Waals surface area contributed by atoms with E-state index in [-0.39, 0.29) is 0 Å². The second kappa shape index (κ2) is 6.58. The highest BCUT2D eigenvalue weighted by molar-refractivity contribution is 7.93. The van der Waals surface area contributed by atoms with E-state index in [0.717, 1.165) is 12.1 Å². The molecule has 0 unspecified atom stereocenters. The van der Waals surface area contributed by atoms with E-state index in [1.165, 1.54) is 13.8 Å². The lowest BCUT2D eigenvalue weighted by molar-refractivity contribution is -0.135. The number of halogens is 1. The summed E-state index contributed by atoms with van der Waals surface area (Å²) in [6, 6.07) is 2.51. The highest BCUT2D eigenvalue weighted by atomic mass is 32.2. The molecule has 0 aliphatic heterocycles. The summed E-state index contributed by atoms with van der Waals surface area (Å²) in [5, 5.41) is 7.63. The van der Waals surface area contributed by atoms with Crippen LogP contribution in [0.15, 0.2) is 23.1 Å². The van der Waals surface area contributed by atoms with Crippen molar-refractivity contribution < 1.29 is 31.1 Å². The summed E-state index contributed by atoms with van der Waals surface area (Å²) in [5.74, 6) is -2.49. The van der Waals surface area contributed by atoms with Gasteiger partial charge < -0.3 is 5.11 Å². The van der Waals surface area contributed by atoms with Gasteiger partial charge in [-0.15, -0.1) is 0 Å². The zero-order chi connectivity index (χ0) is 17.1. The van der Waals surface area contributed by atoms with Gasteiger partial charge in [0.25, 0.3) is 0 Å². The quantitative estimate of drug-likeness (QED) is 0.647. The topological polar surface area (TPSA) is 130 Å². The van der Waals surface area contributed by atoms with Crippen LogP contribution in [0.5, 0.6) is 0 Å². The number of sulfonamides is 2. The zero-order valence-electron chi connectivity index (χ0n) is 11.7. The second-order valence-electron chi connectivity index (χ2n) is 4.56. The van der Waals surface area contributed by atoms with E-state index in [9.17, 15) is 26.0 Å². The van der Waals surface area contributed by atoms with E-state index in [2.05, 4.69) is 0 Å². The summed E-state index contributed by atoms with van der Waals surface area (Å²) in [6.45, 7) is 1.94. The average molecular weight is 354 g/mol. The number of aliphatic carboxylic acids is 1. The first-order valence-electron chi connectivity index (χ1n) is 5.98. The van der Waals surface area contributed by atoms with Crippen LogP contribution in [0.1, 0.15) is 13.8 Å². The fraction of sp³-hybridized carbons (Fsp3) is 0.364. The van der Waals surface area contributed by atoms with Crippen LogP contribution in [0.4, 0.5) is 10.1 Å². The molecule has 1 rings (SSSR count). The fourth-order valence-electron chi connectivity index (χ4n) is 1.26. The molecule has 0 heterocycles. The Labute approximate surface area is 127 Å². The van der Waals surface area contributed by atoms with E-state index < -0.39 is 54.2 Å². The van der Waals surface area contributed by atoms with Gasteiger partial charge in [0, 0.05) is 0 Å². The Kier molecular flexibility index (Phi) is 5.49. The highest BCUT2D eigenvalue weighted by Crippen LogP contribution is 2.20. The van der Waals surface area contributed by atoms with Crippen molar-refractivity contribution in [3.05, 3.63) is 24.0 Å². The lowest BCUT2D eigenvalue weighted by Gasteiger charge is -2.12. The Bertz CT molecular complexity index is 774. The largest absolute Gasteiger partial charge is 0.480 e. The number of hydrogen-bond donors (Lipinski definition) is 3. The molecule has 0 aliphatic carbocycles. The Morgan fingerprint density at radius 2 is 1.86 bits per heavy atom. The highest BCUT2D eigenvalue weighted by Gasteiger charge is 2.20. The maximum Gasteiger partial charge on any atom is 0.318 e. The monoisotopic (exact) mass is 354 g/mol. The van der Waals surface area contributed by atoms with Crippen LogP contribution >= 0.6 is 0 Å². The summed E-state index contributed by atoms with van der Waals surface area (Å²) >= 11 is 0. The number of benzene rings is 1. The molecule has 0 atom stereocenters. The Morgan fingerprint density at radius 3 is 2.32 bits per heavy atom. The predicted octanol–water partition coefficient (Wildman–Crippen LogP) is 0.339. The van der Waals surface area contributed by atoms with Gasteiger partial charge in [-0.1, -0.05) is 0 Å². The van der Waals surface area contributed by atoms with Gasteiger partial charge in [0.15, 0.2) is 0 Å². The molecule has 22 heavy (non-hydrogen) atoms. The zero-order valence-corrected chi connectivity index (χ0v) is 13.3. The molecule has 0 bridgehead atoms. The van der Waals surface area contributed by atoms with E-state index in [1.54, 1.807) is 4.72 Å². The second-order valence-corrected chi connectivity index (χ2v) is 8.56. The van der Waals surface area contributed by atoms with Crippen molar-refractivity contribution in [2.75, 3.05) is 11.3 Å². The molecular weight excluding hydrogens is 339 g/mol. The van der Waals surface area contributed by atoms with Crippen LogP contribution in [-0.4, -0.2) is 39.7 Å². The van der Waals surface area contributed by atoms with Gasteiger partial charge in [-0.3, -0.25) is 9.52 Å². The standard InChI is InChI=1S/C11H15FN2O6S2/c1-7(2)21(17,18)14-10-4-3-8(5-9(10)12)22(19,20)13-6-11(15)16/h3-5,7,13-14H,6H2,1-2H3,(H,15,16). The number of carboxylic acid groups (broad SMARTS) is 1. The maximum atomic E-state index is 13.8. The molecule has 0 spiro atoms. The lowest BCUT2D eigenvalue weighted by atomic mass is 10.3. The van der Waals surface area contributed by atoms with E-state index >= 15 is 0 Å². The minimum atomic E-state index is -4.20. The first-order chi connectivity index (χ1) is 9.95. The fourth-order valence-corrected chi connectivity index (χ4v) is 2.95. The molecular formula is C11H15FN2O6S2. The minimum Gasteiger partial charge on any atom is -0.480 e. The smallest absolute Gasteiger partial charge is 0.318 e. The Hall–Kier alpha value is -1.72. The molecule has 0 amide bonds. The molecule has 8 nitrogen and oxygen atoms in total. The van der Waals surface area contributed by atoms with Crippen LogP contribution in [0.25, 0.3) is 0 Å². The molecule has 1 aromatic rings. The van der Waals surface area contributed by atoms with Crippen molar-refractivity contribution >= 4 is 31.7 Å². The van der Waals surface area contributed by atoms with Crippen molar-refractivity contribution in [2.45, 2.75) is 24.0 Å². The van der Waals surface area contributed by atoms with E-state index in [4.69, 9.17) is 5.11 Å². The van der Waals surface area contributed by atoms with Crippen molar-refractivity contribution in [3.63, 3.8) is 0 Å². The number of anilines is 1. The SMILES string of the molecule is CC(C)S(=O)(=O)Nc1ccc(S(=O)(=O)NCC(=O)O)cc1F. The van der Waals surface area contributed by atoms with Crippen LogP contribution in [-0.2, 0) is 24.8 Å². The lowest BCUT2D eigenvalue weighted by Crippen LogP contribution is -2.29. The number of carboxylic acids is 1. The van der Waals surface area contributed by atoms with Gasteiger partial charge in [-0.05, 0) is 32.0 Å². The Balaban J connectivity index is 3.07. The van der Waals surface area contributed by atoms with Gasteiger partial charge in [-0.25, -0.2) is 21.2 Å². The third-order valence-corrected chi connectivity index (χ3v) is 5.68. The summed E-state index contributed by atoms with van der Waals surface area (Å²) in [6.07, 6.45) is 0. The van der Waals surface area contributed by atoms with E-state index in [1.807, 2.05) is 4.72 Å². The molecule has 3 N–H and O–H groups in total. The van der Waals surface area contributed by atoms with Gasteiger partial charge in [0.2, 0.25) is 20.0 Å². The van der Waals surface area contributed by atoms with Crippen LogP contribution < -0.4 is 9.44 Å². The van der Waals surface area contributed by atoms with Crippen molar-refractivity contribution in [1.82, 2.24) is 4.72 Å². The third kappa shape index (κ3) is 4.64. The first kappa shape index (κ1) is 18.3. The van der Waals surface area contributed by atoms with Crippen molar-refractivity contribution in [3.8, 4) is 0 Å². The normalized spacial score (nSPS) is 12.4. The number of nitrogens with one attached hydrogen (secondary N) is 2. The molecule has 0 fully saturated rings. The molecule has 11 heteroatoms. The summed E-state index contributed by atoms with van der Waals surface area (Å²) in [5.41, 5.74) is -0.397. The third-order valence-electron chi connectivity index (χ3n) is 2.54. The molecule has 0 saturated carbocycles. The molecule has 0 aliphatic rings. The van der Waals surface area contributed by atoms with Gasteiger partial charge in [-0.2, -0.15) is 4.72 Å².